The first kappa shape index (κ1) is 14.6. The average molecular weight is 404 g/mol. The summed E-state index contributed by atoms with van der Waals surface area (Å²) < 4.78 is 1.66. The number of anilines is 1. The minimum atomic E-state index is -0.195. The third-order valence-electron chi connectivity index (χ3n) is 2.62. The minimum Gasteiger partial charge on any atom is -0.321 e. The molecule has 0 heterocycles. The molecule has 2 rings (SSSR count). The number of benzene rings is 2. The molecule has 0 spiro atoms. The number of hydrogen-bond donors (Lipinski definition) is 1. The van der Waals surface area contributed by atoms with Crippen molar-refractivity contribution in [2.24, 2.45) is 0 Å². The van der Waals surface area contributed by atoms with Crippen molar-refractivity contribution >= 4 is 55.1 Å². The Hall–Kier alpha value is -0.840. The van der Waals surface area contributed by atoms with Crippen molar-refractivity contribution in [3.8, 4) is 0 Å². The molecule has 0 atom stereocenters. The highest BCUT2D eigenvalue weighted by Gasteiger charge is 2.12. The van der Waals surface area contributed by atoms with Crippen molar-refractivity contribution < 1.29 is 4.79 Å². The molecular formula is C14H10Br2ClNO. The van der Waals surface area contributed by atoms with Gasteiger partial charge in [0.2, 0.25) is 0 Å². The van der Waals surface area contributed by atoms with Gasteiger partial charge >= 0.3 is 0 Å². The van der Waals surface area contributed by atoms with E-state index in [1.54, 1.807) is 18.2 Å². The van der Waals surface area contributed by atoms with Crippen LogP contribution in [-0.2, 0) is 0 Å². The number of carbonyl (C=O) groups excluding carboxylic acids is 1. The fourth-order valence-electron chi connectivity index (χ4n) is 1.60. The summed E-state index contributed by atoms with van der Waals surface area (Å²) >= 11 is 12.8. The summed E-state index contributed by atoms with van der Waals surface area (Å²) in [6.45, 7) is 1.94. The van der Waals surface area contributed by atoms with E-state index in [4.69, 9.17) is 11.6 Å². The monoisotopic (exact) mass is 401 g/mol. The van der Waals surface area contributed by atoms with Crippen molar-refractivity contribution in [2.45, 2.75) is 6.92 Å². The Kier molecular flexibility index (Phi) is 4.66. The van der Waals surface area contributed by atoms with Crippen LogP contribution in [0.1, 0.15) is 15.9 Å². The van der Waals surface area contributed by atoms with E-state index in [-0.39, 0.29) is 5.91 Å². The second-order valence-electron chi connectivity index (χ2n) is 4.01. The number of halogens is 3. The van der Waals surface area contributed by atoms with Gasteiger partial charge in [0.15, 0.2) is 0 Å². The van der Waals surface area contributed by atoms with Crippen LogP contribution in [0.5, 0.6) is 0 Å². The molecule has 0 aliphatic rings. The molecule has 0 radical (unpaired) electrons. The van der Waals surface area contributed by atoms with Crippen LogP contribution in [0, 0.1) is 6.92 Å². The summed E-state index contributed by atoms with van der Waals surface area (Å²) in [5, 5.41) is 3.29. The number of hydrogen-bond acceptors (Lipinski definition) is 1. The summed E-state index contributed by atoms with van der Waals surface area (Å²) in [5.41, 5.74) is 2.18. The normalized spacial score (nSPS) is 10.3. The number of rotatable bonds is 2. The maximum atomic E-state index is 12.2. The molecule has 1 amide bonds. The van der Waals surface area contributed by atoms with Crippen molar-refractivity contribution in [1.82, 2.24) is 0 Å². The average Bonchev–Trinajstić information content (AvgIpc) is 2.36. The highest BCUT2D eigenvalue weighted by atomic mass is 79.9. The van der Waals surface area contributed by atoms with Crippen molar-refractivity contribution in [2.75, 3.05) is 5.32 Å². The van der Waals surface area contributed by atoms with Gasteiger partial charge in [-0.1, -0.05) is 39.7 Å². The number of nitrogens with one attached hydrogen (secondary N) is 1. The zero-order valence-electron chi connectivity index (χ0n) is 10.0. The van der Waals surface area contributed by atoms with Crippen LogP contribution in [0.4, 0.5) is 5.69 Å². The molecule has 19 heavy (non-hydrogen) atoms. The molecule has 0 unspecified atom stereocenters. The SMILES string of the molecule is Cc1cccc(C(=O)Nc2ccc(Br)cc2Cl)c1Br. The molecule has 0 aliphatic carbocycles. The van der Waals surface area contributed by atoms with Crippen LogP contribution in [0.2, 0.25) is 5.02 Å². The van der Waals surface area contributed by atoms with E-state index >= 15 is 0 Å². The first-order valence-corrected chi connectivity index (χ1v) is 7.47. The van der Waals surface area contributed by atoms with Crippen LogP contribution in [0.15, 0.2) is 45.3 Å². The summed E-state index contributed by atoms with van der Waals surface area (Å²) in [4.78, 5) is 12.2. The Labute approximate surface area is 133 Å². The summed E-state index contributed by atoms with van der Waals surface area (Å²) in [6.07, 6.45) is 0. The first-order valence-electron chi connectivity index (χ1n) is 5.50. The molecule has 98 valence electrons. The van der Waals surface area contributed by atoms with Gasteiger partial charge < -0.3 is 5.32 Å². The van der Waals surface area contributed by atoms with E-state index in [1.807, 2.05) is 25.1 Å². The van der Waals surface area contributed by atoms with Gasteiger partial charge in [-0.25, -0.2) is 0 Å². The lowest BCUT2D eigenvalue weighted by atomic mass is 10.1. The largest absolute Gasteiger partial charge is 0.321 e. The predicted octanol–water partition coefficient (Wildman–Crippen LogP) is 5.43. The number of amides is 1. The maximum Gasteiger partial charge on any atom is 0.256 e. The fourth-order valence-corrected chi connectivity index (χ4v) is 2.77. The Bertz CT molecular complexity index is 643. The second kappa shape index (κ2) is 6.07. The zero-order valence-corrected chi connectivity index (χ0v) is 13.9. The van der Waals surface area contributed by atoms with Crippen molar-refractivity contribution in [1.29, 1.82) is 0 Å². The van der Waals surface area contributed by atoms with Crippen molar-refractivity contribution in [3.63, 3.8) is 0 Å². The number of carbonyl (C=O) groups is 1. The first-order chi connectivity index (χ1) is 8.99. The highest BCUT2D eigenvalue weighted by molar-refractivity contribution is 9.10. The molecule has 2 nitrogen and oxygen atoms in total. The van der Waals surface area contributed by atoms with E-state index in [9.17, 15) is 4.79 Å². The quantitative estimate of drug-likeness (QED) is 0.712. The topological polar surface area (TPSA) is 29.1 Å². The van der Waals surface area contributed by atoms with Gasteiger partial charge in [-0.05, 0) is 52.7 Å². The van der Waals surface area contributed by atoms with Gasteiger partial charge in [0.1, 0.15) is 0 Å². The molecule has 0 aromatic heterocycles. The predicted molar refractivity (Wildman–Crippen MR) is 86.0 cm³/mol. The van der Waals surface area contributed by atoms with Crippen LogP contribution >= 0.6 is 43.5 Å². The van der Waals surface area contributed by atoms with Crippen LogP contribution in [0.25, 0.3) is 0 Å². The fraction of sp³-hybridized carbons (Fsp3) is 0.0714. The molecule has 2 aromatic carbocycles. The van der Waals surface area contributed by atoms with Gasteiger partial charge in [0, 0.05) is 8.95 Å². The smallest absolute Gasteiger partial charge is 0.256 e. The van der Waals surface area contributed by atoms with Crippen LogP contribution < -0.4 is 5.32 Å². The minimum absolute atomic E-state index is 0.195. The van der Waals surface area contributed by atoms with Gasteiger partial charge in [-0.2, -0.15) is 0 Å². The van der Waals surface area contributed by atoms with E-state index in [2.05, 4.69) is 37.2 Å². The molecule has 2 aromatic rings. The van der Waals surface area contributed by atoms with Gasteiger partial charge in [-0.15, -0.1) is 0 Å². The Morgan fingerprint density at radius 2 is 1.95 bits per heavy atom. The standard InChI is InChI=1S/C14H10Br2ClNO/c1-8-3-2-4-10(13(8)16)14(19)18-12-6-5-9(15)7-11(12)17/h2-7H,1H3,(H,18,19). The number of aryl methyl sites for hydroxylation is 1. The summed E-state index contributed by atoms with van der Waals surface area (Å²) in [6, 6.07) is 10.9. The van der Waals surface area contributed by atoms with Crippen molar-refractivity contribution in [3.05, 3.63) is 61.5 Å². The lowest BCUT2D eigenvalue weighted by Crippen LogP contribution is -2.13. The third kappa shape index (κ3) is 3.38. The van der Waals surface area contributed by atoms with E-state index in [1.165, 1.54) is 0 Å². The van der Waals surface area contributed by atoms with E-state index in [0.29, 0.717) is 16.3 Å². The highest BCUT2D eigenvalue weighted by Crippen LogP contribution is 2.27. The molecule has 1 N–H and O–H groups in total. The van der Waals surface area contributed by atoms with Crippen LogP contribution in [0.3, 0.4) is 0 Å². The summed E-state index contributed by atoms with van der Waals surface area (Å²) in [7, 11) is 0. The molecular weight excluding hydrogens is 393 g/mol. The lowest BCUT2D eigenvalue weighted by Gasteiger charge is -2.10. The Morgan fingerprint density at radius 3 is 2.63 bits per heavy atom. The molecule has 0 bridgehead atoms. The van der Waals surface area contributed by atoms with E-state index in [0.717, 1.165) is 14.5 Å². The summed E-state index contributed by atoms with van der Waals surface area (Å²) in [5.74, 6) is -0.195. The lowest BCUT2D eigenvalue weighted by molar-refractivity contribution is 0.102. The molecule has 0 aliphatic heterocycles. The van der Waals surface area contributed by atoms with Crippen LogP contribution in [-0.4, -0.2) is 5.91 Å². The zero-order chi connectivity index (χ0) is 14.0. The second-order valence-corrected chi connectivity index (χ2v) is 6.13. The Balaban J connectivity index is 2.28. The molecule has 0 fully saturated rings. The molecule has 0 saturated carbocycles. The van der Waals surface area contributed by atoms with Gasteiger partial charge in [0.25, 0.3) is 5.91 Å². The van der Waals surface area contributed by atoms with E-state index < -0.39 is 0 Å². The molecule has 5 heteroatoms. The maximum absolute atomic E-state index is 12.2. The molecule has 0 saturated heterocycles. The van der Waals surface area contributed by atoms with Gasteiger partial charge in [-0.3, -0.25) is 4.79 Å². The third-order valence-corrected chi connectivity index (χ3v) is 4.47. The van der Waals surface area contributed by atoms with Gasteiger partial charge in [0.05, 0.1) is 16.3 Å². The Morgan fingerprint density at radius 1 is 1.21 bits per heavy atom.